The number of rotatable bonds is 8. The molecule has 0 bridgehead atoms. The minimum Gasteiger partial charge on any atom is -0.369 e. The molecule has 0 fully saturated rings. The van der Waals surface area contributed by atoms with E-state index in [1.165, 1.54) is 12.1 Å². The molecule has 1 aromatic rings. The van der Waals surface area contributed by atoms with Gasteiger partial charge in [-0.1, -0.05) is 12.1 Å². The first-order valence-electron chi connectivity index (χ1n) is 6.45. The van der Waals surface area contributed by atoms with Crippen LogP contribution in [0.1, 0.15) is 22.3 Å². The largest absolute Gasteiger partial charge is 0.369 e. The van der Waals surface area contributed by atoms with Crippen LogP contribution in [0.5, 0.6) is 0 Å². The van der Waals surface area contributed by atoms with Gasteiger partial charge in [0, 0.05) is 0 Å². The molecule has 0 radical (unpaired) electrons. The Morgan fingerprint density at radius 2 is 0.727 bits per heavy atom. The van der Waals surface area contributed by atoms with E-state index in [1.54, 1.807) is 0 Å². The van der Waals surface area contributed by atoms with Crippen molar-refractivity contribution in [2.45, 2.75) is 25.7 Å². The monoisotopic (exact) mass is 306 g/mol. The van der Waals surface area contributed by atoms with Crippen molar-refractivity contribution < 1.29 is 19.2 Å². The Bertz CT molecular complexity index is 534. The second-order valence-electron chi connectivity index (χ2n) is 4.96. The van der Waals surface area contributed by atoms with E-state index < -0.39 is 23.6 Å². The van der Waals surface area contributed by atoms with Crippen LogP contribution in [-0.2, 0) is 44.9 Å². The number of amides is 4. The van der Waals surface area contributed by atoms with Gasteiger partial charge in [0.1, 0.15) is 0 Å². The molecular formula is C14H18N4O4. The molecule has 4 amide bonds. The lowest BCUT2D eigenvalue weighted by molar-refractivity contribution is -0.118. The highest BCUT2D eigenvalue weighted by atomic mass is 16.2. The van der Waals surface area contributed by atoms with Gasteiger partial charge < -0.3 is 22.9 Å². The van der Waals surface area contributed by atoms with E-state index in [4.69, 9.17) is 22.9 Å². The molecule has 0 aliphatic carbocycles. The van der Waals surface area contributed by atoms with Gasteiger partial charge in [0.25, 0.3) is 0 Å². The third-order valence-electron chi connectivity index (χ3n) is 2.98. The van der Waals surface area contributed by atoms with E-state index in [0.29, 0.717) is 22.3 Å². The van der Waals surface area contributed by atoms with Crippen molar-refractivity contribution in [2.24, 2.45) is 22.9 Å². The topological polar surface area (TPSA) is 172 Å². The summed E-state index contributed by atoms with van der Waals surface area (Å²) in [7, 11) is 0. The number of nitrogens with two attached hydrogens (primary N) is 4. The first kappa shape index (κ1) is 17.2. The predicted octanol–water partition coefficient (Wildman–Crippen LogP) is -2.20. The molecule has 0 spiro atoms. The van der Waals surface area contributed by atoms with E-state index in [2.05, 4.69) is 0 Å². The zero-order valence-corrected chi connectivity index (χ0v) is 11.9. The molecular weight excluding hydrogens is 288 g/mol. The second-order valence-corrected chi connectivity index (χ2v) is 4.96. The van der Waals surface area contributed by atoms with Crippen LogP contribution in [-0.4, -0.2) is 23.6 Å². The van der Waals surface area contributed by atoms with E-state index in [9.17, 15) is 19.2 Å². The molecule has 0 heterocycles. The second kappa shape index (κ2) is 7.21. The fraction of sp³-hybridized carbons (Fsp3) is 0.286. The highest BCUT2D eigenvalue weighted by Gasteiger charge is 2.16. The number of carbonyl (C=O) groups excluding carboxylic acids is 4. The smallest absolute Gasteiger partial charge is 0.221 e. The van der Waals surface area contributed by atoms with Crippen molar-refractivity contribution >= 4 is 23.6 Å². The van der Waals surface area contributed by atoms with Crippen molar-refractivity contribution in [3.05, 3.63) is 34.4 Å². The van der Waals surface area contributed by atoms with Gasteiger partial charge in [0.2, 0.25) is 23.6 Å². The summed E-state index contributed by atoms with van der Waals surface area (Å²) in [6.07, 6.45) is -0.479. The Labute approximate surface area is 126 Å². The van der Waals surface area contributed by atoms with Crippen LogP contribution in [0.3, 0.4) is 0 Å². The number of primary amides is 4. The lowest BCUT2D eigenvalue weighted by Gasteiger charge is -2.14. The molecule has 1 rings (SSSR count). The van der Waals surface area contributed by atoms with Gasteiger partial charge in [-0.2, -0.15) is 0 Å². The summed E-state index contributed by atoms with van der Waals surface area (Å²) in [6, 6.07) is 3.07. The average Bonchev–Trinajstić information content (AvgIpc) is 2.31. The molecule has 0 aromatic heterocycles. The van der Waals surface area contributed by atoms with Crippen LogP contribution in [0, 0.1) is 0 Å². The van der Waals surface area contributed by atoms with Gasteiger partial charge in [-0.3, -0.25) is 19.2 Å². The molecule has 118 valence electrons. The molecule has 0 unspecified atom stereocenters. The Balaban J connectivity index is 3.39. The predicted molar refractivity (Wildman–Crippen MR) is 78.0 cm³/mol. The van der Waals surface area contributed by atoms with Gasteiger partial charge in [0.05, 0.1) is 25.7 Å². The van der Waals surface area contributed by atoms with Crippen LogP contribution in [0.2, 0.25) is 0 Å². The summed E-state index contributed by atoms with van der Waals surface area (Å²) in [6.45, 7) is 0. The molecule has 0 saturated carbocycles. The lowest BCUT2D eigenvalue weighted by Crippen LogP contribution is -2.22. The SMILES string of the molecule is NC(=O)Cc1cc(CC(N)=O)c(CC(N)=O)cc1CC(N)=O. The highest BCUT2D eigenvalue weighted by Crippen LogP contribution is 2.20. The van der Waals surface area contributed by atoms with Crippen molar-refractivity contribution in [2.75, 3.05) is 0 Å². The summed E-state index contributed by atoms with van der Waals surface area (Å²) in [5, 5.41) is 0. The maximum atomic E-state index is 11.1. The van der Waals surface area contributed by atoms with Crippen molar-refractivity contribution in [3.63, 3.8) is 0 Å². The molecule has 0 saturated heterocycles. The van der Waals surface area contributed by atoms with Gasteiger partial charge in [-0.05, 0) is 22.3 Å². The number of benzene rings is 1. The van der Waals surface area contributed by atoms with Gasteiger partial charge in [-0.25, -0.2) is 0 Å². The number of hydrogen-bond acceptors (Lipinski definition) is 4. The Morgan fingerprint density at radius 3 is 0.864 bits per heavy atom. The Morgan fingerprint density at radius 1 is 0.545 bits per heavy atom. The van der Waals surface area contributed by atoms with Crippen LogP contribution in [0.15, 0.2) is 12.1 Å². The average molecular weight is 306 g/mol. The van der Waals surface area contributed by atoms with Crippen molar-refractivity contribution in [3.8, 4) is 0 Å². The van der Waals surface area contributed by atoms with Crippen molar-refractivity contribution in [1.82, 2.24) is 0 Å². The molecule has 1 aromatic carbocycles. The fourth-order valence-electron chi connectivity index (χ4n) is 2.20. The summed E-state index contributed by atoms with van der Waals surface area (Å²) < 4.78 is 0. The van der Waals surface area contributed by atoms with E-state index in [-0.39, 0.29) is 25.7 Å². The zero-order chi connectivity index (χ0) is 16.9. The maximum Gasteiger partial charge on any atom is 0.221 e. The van der Waals surface area contributed by atoms with Gasteiger partial charge in [0.15, 0.2) is 0 Å². The molecule has 22 heavy (non-hydrogen) atoms. The first-order chi connectivity index (χ1) is 10.2. The lowest BCUT2D eigenvalue weighted by atomic mass is 9.91. The summed E-state index contributed by atoms with van der Waals surface area (Å²) in [5.74, 6) is -2.39. The van der Waals surface area contributed by atoms with E-state index >= 15 is 0 Å². The summed E-state index contributed by atoms with van der Waals surface area (Å²) in [4.78, 5) is 44.6. The molecule has 8 heteroatoms. The molecule has 0 aliphatic heterocycles. The number of hydrogen-bond donors (Lipinski definition) is 4. The van der Waals surface area contributed by atoms with Gasteiger partial charge >= 0.3 is 0 Å². The van der Waals surface area contributed by atoms with Gasteiger partial charge in [-0.15, -0.1) is 0 Å². The zero-order valence-electron chi connectivity index (χ0n) is 11.9. The quantitative estimate of drug-likeness (QED) is 0.427. The van der Waals surface area contributed by atoms with E-state index in [0.717, 1.165) is 0 Å². The molecule has 8 N–H and O–H groups in total. The summed E-state index contributed by atoms with van der Waals surface area (Å²) in [5.41, 5.74) is 22.6. The molecule has 8 nitrogen and oxygen atoms in total. The third-order valence-corrected chi connectivity index (χ3v) is 2.98. The van der Waals surface area contributed by atoms with Crippen LogP contribution < -0.4 is 22.9 Å². The maximum absolute atomic E-state index is 11.1. The Hall–Kier alpha value is -2.90. The summed E-state index contributed by atoms with van der Waals surface area (Å²) >= 11 is 0. The van der Waals surface area contributed by atoms with Crippen LogP contribution in [0.25, 0.3) is 0 Å². The van der Waals surface area contributed by atoms with Crippen molar-refractivity contribution in [1.29, 1.82) is 0 Å². The normalized spacial score (nSPS) is 10.2. The third kappa shape index (κ3) is 5.23. The Kier molecular flexibility index (Phi) is 5.62. The molecule has 0 atom stereocenters. The molecule has 0 aliphatic rings. The highest BCUT2D eigenvalue weighted by molar-refractivity contribution is 5.83. The standard InChI is InChI=1S/C14H18N4O4/c15-11(19)3-7-1-8(4-12(16)20)10(6-14(18)22)2-9(7)5-13(17)21/h1-2H,3-6H2,(H2,15,19)(H2,16,20)(H2,17,21)(H2,18,22). The first-order valence-corrected chi connectivity index (χ1v) is 6.45. The van der Waals surface area contributed by atoms with Crippen LogP contribution >= 0.6 is 0 Å². The minimum absolute atomic E-state index is 0.120. The fourth-order valence-corrected chi connectivity index (χ4v) is 2.20. The van der Waals surface area contributed by atoms with E-state index in [1.807, 2.05) is 0 Å². The van der Waals surface area contributed by atoms with Crippen LogP contribution in [0.4, 0.5) is 0 Å². The number of carbonyl (C=O) groups is 4. The minimum atomic E-state index is -0.599.